The van der Waals surface area contributed by atoms with Crippen molar-refractivity contribution in [2.45, 2.75) is 55.4 Å². The lowest BCUT2D eigenvalue weighted by Crippen LogP contribution is -2.32. The average molecular weight is 459 g/mol. The first-order valence-electron chi connectivity index (χ1n) is 11.7. The molecule has 0 aromatic heterocycles. The summed E-state index contributed by atoms with van der Waals surface area (Å²) in [7, 11) is 1.67. The Kier molecular flexibility index (Phi) is 7.50. The van der Waals surface area contributed by atoms with Crippen LogP contribution in [0.4, 0.5) is 5.69 Å². The Hall–Kier alpha value is -3.05. The molecule has 1 amide bonds. The number of ether oxygens (including phenoxy) is 1. The molecule has 2 aliphatic rings. The minimum absolute atomic E-state index is 0.0114. The molecule has 0 atom stereocenters. The van der Waals surface area contributed by atoms with Gasteiger partial charge in [-0.25, -0.2) is 4.99 Å². The molecule has 1 saturated carbocycles. The first-order valence-corrected chi connectivity index (χ1v) is 12.5. The summed E-state index contributed by atoms with van der Waals surface area (Å²) < 4.78 is 5.32. The van der Waals surface area contributed by atoms with Crippen molar-refractivity contribution in [2.24, 2.45) is 4.99 Å². The number of fused-ring (bicyclic) bond motifs is 2. The second kappa shape index (κ2) is 10.7. The zero-order chi connectivity index (χ0) is 23.2. The summed E-state index contributed by atoms with van der Waals surface area (Å²) in [5, 5.41) is 3.18. The number of methoxy groups -OCH3 is 1. The Balaban J connectivity index is 0.00000126. The number of nitrogens with zero attached hydrogens (tertiary/aromatic N) is 1. The minimum atomic E-state index is -0.0114. The summed E-state index contributed by atoms with van der Waals surface area (Å²) in [5.41, 5.74) is 4.49. The van der Waals surface area contributed by atoms with Crippen LogP contribution in [0.5, 0.6) is 5.75 Å². The molecule has 0 unspecified atom stereocenters. The van der Waals surface area contributed by atoms with E-state index in [1.807, 2.05) is 68.4 Å². The summed E-state index contributed by atoms with van der Waals surface area (Å²) in [5.74, 6) is 0.801. The lowest BCUT2D eigenvalue weighted by atomic mass is 10.0. The van der Waals surface area contributed by atoms with Crippen LogP contribution < -0.4 is 10.1 Å². The molecule has 1 aliphatic carbocycles. The third-order valence-electron chi connectivity index (χ3n) is 5.87. The van der Waals surface area contributed by atoms with E-state index in [1.165, 1.54) is 12.8 Å². The van der Waals surface area contributed by atoms with E-state index in [0.717, 1.165) is 50.9 Å². The van der Waals surface area contributed by atoms with Gasteiger partial charge in [0.15, 0.2) is 0 Å². The molecular formula is C28H30N2O2S. The van der Waals surface area contributed by atoms with Crippen molar-refractivity contribution < 1.29 is 9.53 Å². The highest BCUT2D eigenvalue weighted by molar-refractivity contribution is 7.99. The van der Waals surface area contributed by atoms with Gasteiger partial charge in [-0.3, -0.25) is 4.79 Å². The molecule has 5 rings (SSSR count). The molecule has 1 N–H and O–H groups in total. The molecule has 4 nitrogen and oxygen atoms in total. The van der Waals surface area contributed by atoms with E-state index < -0.39 is 0 Å². The van der Waals surface area contributed by atoms with Gasteiger partial charge in [0.05, 0.1) is 18.5 Å². The number of hydrogen-bond acceptors (Lipinski definition) is 4. The fourth-order valence-corrected chi connectivity index (χ4v) is 5.19. The molecule has 1 heterocycles. The number of carbonyl (C=O) groups is 1. The monoisotopic (exact) mass is 458 g/mol. The number of hydrogen-bond donors (Lipinski definition) is 1. The molecule has 0 radical (unpaired) electrons. The van der Waals surface area contributed by atoms with E-state index in [0.29, 0.717) is 11.6 Å². The van der Waals surface area contributed by atoms with E-state index >= 15 is 0 Å². The highest BCUT2D eigenvalue weighted by Gasteiger charge is 2.22. The van der Waals surface area contributed by atoms with Crippen LogP contribution in [0.2, 0.25) is 0 Å². The molecule has 170 valence electrons. The predicted octanol–water partition coefficient (Wildman–Crippen LogP) is 7.03. The topological polar surface area (TPSA) is 50.7 Å². The second-order valence-corrected chi connectivity index (χ2v) is 9.01. The molecule has 0 saturated heterocycles. The Morgan fingerprint density at radius 2 is 1.70 bits per heavy atom. The lowest BCUT2D eigenvalue weighted by Gasteiger charge is -2.13. The van der Waals surface area contributed by atoms with E-state index in [4.69, 9.17) is 9.73 Å². The number of rotatable bonds is 4. The van der Waals surface area contributed by atoms with Gasteiger partial charge in [-0.05, 0) is 61.4 Å². The van der Waals surface area contributed by atoms with Crippen LogP contribution in [-0.4, -0.2) is 24.8 Å². The first-order chi connectivity index (χ1) is 16.2. The molecule has 0 bridgehead atoms. The highest BCUT2D eigenvalue weighted by Crippen LogP contribution is 2.41. The zero-order valence-electron chi connectivity index (χ0n) is 19.4. The molecule has 0 spiro atoms. The van der Waals surface area contributed by atoms with Gasteiger partial charge in [0, 0.05) is 32.5 Å². The molecule has 5 heteroatoms. The number of aliphatic imine (C=N–C) groups is 1. The van der Waals surface area contributed by atoms with Crippen molar-refractivity contribution in [1.82, 2.24) is 5.32 Å². The van der Waals surface area contributed by atoms with Gasteiger partial charge in [-0.2, -0.15) is 0 Å². The lowest BCUT2D eigenvalue weighted by molar-refractivity contribution is 0.0938. The van der Waals surface area contributed by atoms with Crippen LogP contribution in [0.15, 0.2) is 81.5 Å². The van der Waals surface area contributed by atoms with Crippen molar-refractivity contribution in [3.63, 3.8) is 0 Å². The van der Waals surface area contributed by atoms with E-state index in [2.05, 4.69) is 17.4 Å². The van der Waals surface area contributed by atoms with E-state index in [1.54, 1.807) is 18.9 Å². The van der Waals surface area contributed by atoms with Crippen molar-refractivity contribution in [3.8, 4) is 5.75 Å². The SMILES string of the molecule is CC.COc1ccc(C2=Nc3cc(C(=O)NC4CCCC4)ccc3Sc3ccccc32)cc1. The van der Waals surface area contributed by atoms with Crippen molar-refractivity contribution in [1.29, 1.82) is 0 Å². The Morgan fingerprint density at radius 3 is 2.42 bits per heavy atom. The van der Waals surface area contributed by atoms with E-state index in [-0.39, 0.29) is 5.91 Å². The standard InChI is InChI=1S/C26H24N2O2S.C2H6/c1-30-20-13-10-17(11-14-20)25-21-8-4-5-9-23(21)31-24-15-12-18(16-22(24)28-25)26(29)27-19-6-2-3-7-19;1-2/h4-5,8-16,19H,2-3,6-7H2,1H3,(H,27,29);1-2H3. The summed E-state index contributed by atoms with van der Waals surface area (Å²) in [6.45, 7) is 4.00. The Bertz CT molecular complexity index is 1150. The fraction of sp³-hybridized carbons (Fsp3) is 0.286. The van der Waals surface area contributed by atoms with Crippen LogP contribution in [0, 0.1) is 0 Å². The number of amides is 1. The molecule has 1 aliphatic heterocycles. The summed E-state index contributed by atoms with van der Waals surface area (Å²) in [4.78, 5) is 20.1. The van der Waals surface area contributed by atoms with Crippen molar-refractivity contribution >= 4 is 29.1 Å². The number of carbonyl (C=O) groups excluding carboxylic acids is 1. The molecule has 33 heavy (non-hydrogen) atoms. The minimum Gasteiger partial charge on any atom is -0.497 e. The molecule has 1 fully saturated rings. The van der Waals surface area contributed by atoms with Gasteiger partial charge in [0.2, 0.25) is 0 Å². The Labute approximate surface area is 200 Å². The molecular weight excluding hydrogens is 428 g/mol. The second-order valence-electron chi connectivity index (χ2n) is 7.92. The number of nitrogens with one attached hydrogen (secondary N) is 1. The quantitative estimate of drug-likeness (QED) is 0.357. The van der Waals surface area contributed by atoms with Crippen molar-refractivity contribution in [2.75, 3.05) is 7.11 Å². The maximum Gasteiger partial charge on any atom is 0.251 e. The summed E-state index contributed by atoms with van der Waals surface area (Å²) in [6, 6.07) is 22.4. The van der Waals surface area contributed by atoms with Gasteiger partial charge in [-0.15, -0.1) is 0 Å². The van der Waals surface area contributed by atoms with Crippen LogP contribution >= 0.6 is 11.8 Å². The summed E-state index contributed by atoms with van der Waals surface area (Å²) in [6.07, 6.45) is 4.53. The van der Waals surface area contributed by atoms with Gasteiger partial charge in [-0.1, -0.05) is 56.7 Å². The Morgan fingerprint density at radius 1 is 0.970 bits per heavy atom. The highest BCUT2D eigenvalue weighted by atomic mass is 32.2. The van der Waals surface area contributed by atoms with Crippen molar-refractivity contribution in [3.05, 3.63) is 83.4 Å². The zero-order valence-corrected chi connectivity index (χ0v) is 20.2. The van der Waals surface area contributed by atoms with E-state index in [9.17, 15) is 4.79 Å². The number of benzene rings is 3. The normalized spacial score (nSPS) is 14.7. The van der Waals surface area contributed by atoms with Gasteiger partial charge in [0.25, 0.3) is 5.91 Å². The molecule has 3 aromatic carbocycles. The van der Waals surface area contributed by atoms with Gasteiger partial charge < -0.3 is 10.1 Å². The third kappa shape index (κ3) is 5.14. The first kappa shape index (κ1) is 23.1. The maximum atomic E-state index is 12.8. The van der Waals surface area contributed by atoms with Gasteiger partial charge in [0.1, 0.15) is 5.75 Å². The van der Waals surface area contributed by atoms with Crippen LogP contribution in [0.25, 0.3) is 0 Å². The molecule has 3 aromatic rings. The average Bonchev–Trinajstić information content (AvgIpc) is 3.32. The largest absolute Gasteiger partial charge is 0.497 e. The maximum absolute atomic E-state index is 12.8. The smallest absolute Gasteiger partial charge is 0.251 e. The fourth-order valence-electron chi connectivity index (χ4n) is 4.19. The van der Waals surface area contributed by atoms with Crippen LogP contribution in [0.3, 0.4) is 0 Å². The van der Waals surface area contributed by atoms with Crippen LogP contribution in [0.1, 0.15) is 61.0 Å². The van der Waals surface area contributed by atoms with Crippen LogP contribution in [-0.2, 0) is 0 Å². The summed E-state index contributed by atoms with van der Waals surface area (Å²) >= 11 is 1.69. The third-order valence-corrected chi connectivity index (χ3v) is 7.01. The predicted molar refractivity (Wildman–Crippen MR) is 136 cm³/mol. The van der Waals surface area contributed by atoms with Gasteiger partial charge >= 0.3 is 0 Å².